The van der Waals surface area contributed by atoms with Crippen molar-refractivity contribution in [2.45, 2.75) is 38.8 Å². The molecule has 0 N–H and O–H groups in total. The number of piperidine rings is 2. The fourth-order valence-corrected chi connectivity index (χ4v) is 5.09. The maximum atomic E-state index is 12.5. The Morgan fingerprint density at radius 1 is 1.00 bits per heavy atom. The summed E-state index contributed by atoms with van der Waals surface area (Å²) in [6.07, 6.45) is 7.61. The molecule has 3 aromatic rings. The van der Waals surface area contributed by atoms with Crippen LogP contribution in [0, 0.1) is 5.41 Å². The molecular formula is C24H29N5O. The van der Waals surface area contributed by atoms with Crippen LogP contribution in [0.1, 0.15) is 37.1 Å². The maximum Gasteiger partial charge on any atom is 0.222 e. The van der Waals surface area contributed by atoms with Crippen LogP contribution < -0.4 is 0 Å². The van der Waals surface area contributed by atoms with E-state index in [1.165, 1.54) is 5.52 Å². The summed E-state index contributed by atoms with van der Waals surface area (Å²) in [5.41, 5.74) is 3.69. The van der Waals surface area contributed by atoms with Gasteiger partial charge in [-0.3, -0.25) is 14.7 Å². The van der Waals surface area contributed by atoms with E-state index in [9.17, 15) is 4.79 Å². The summed E-state index contributed by atoms with van der Waals surface area (Å²) in [6.45, 7) is 4.61. The van der Waals surface area contributed by atoms with Gasteiger partial charge in [-0.05, 0) is 67.6 Å². The molecular weight excluding hydrogens is 374 g/mol. The molecule has 0 bridgehead atoms. The maximum absolute atomic E-state index is 12.5. The monoisotopic (exact) mass is 403 g/mol. The molecule has 2 fully saturated rings. The molecule has 0 radical (unpaired) electrons. The molecule has 5 rings (SSSR count). The van der Waals surface area contributed by atoms with Crippen LogP contribution in [0.15, 0.2) is 48.8 Å². The van der Waals surface area contributed by atoms with Crippen LogP contribution in [-0.4, -0.2) is 49.9 Å². The number of carbonyl (C=O) groups excluding carboxylic acids is 1. The lowest BCUT2D eigenvalue weighted by Gasteiger charge is -2.47. The van der Waals surface area contributed by atoms with Crippen molar-refractivity contribution in [2.75, 3.05) is 19.6 Å². The first kappa shape index (κ1) is 19.2. The minimum Gasteiger partial charge on any atom is -0.338 e. The Labute approximate surface area is 177 Å². The highest BCUT2D eigenvalue weighted by Gasteiger charge is 2.41. The van der Waals surface area contributed by atoms with Crippen LogP contribution >= 0.6 is 0 Å². The van der Waals surface area contributed by atoms with Crippen LogP contribution in [0.4, 0.5) is 0 Å². The molecule has 2 aliphatic heterocycles. The molecule has 30 heavy (non-hydrogen) atoms. The van der Waals surface area contributed by atoms with Gasteiger partial charge in [0.05, 0.1) is 17.6 Å². The molecule has 1 spiro atoms. The predicted octanol–water partition coefficient (Wildman–Crippen LogP) is 3.37. The molecule has 0 atom stereocenters. The van der Waals surface area contributed by atoms with Gasteiger partial charge in [0.25, 0.3) is 0 Å². The number of hydrogen-bond acceptors (Lipinski definition) is 4. The Hall–Kier alpha value is -2.73. The average molecular weight is 404 g/mol. The highest BCUT2D eigenvalue weighted by molar-refractivity contribution is 5.77. The summed E-state index contributed by atoms with van der Waals surface area (Å²) >= 11 is 0. The summed E-state index contributed by atoms with van der Waals surface area (Å²) in [4.78, 5) is 26.1. The smallest absolute Gasteiger partial charge is 0.222 e. The number of rotatable bonds is 4. The fourth-order valence-electron chi connectivity index (χ4n) is 5.09. The molecule has 0 saturated carbocycles. The van der Waals surface area contributed by atoms with Gasteiger partial charge in [-0.1, -0.05) is 12.1 Å². The number of pyridine rings is 1. The molecule has 2 aliphatic rings. The average Bonchev–Trinajstić information content (AvgIpc) is 3.09. The number of para-hydroxylation sites is 2. The van der Waals surface area contributed by atoms with E-state index in [4.69, 9.17) is 4.98 Å². The van der Waals surface area contributed by atoms with E-state index in [1.807, 2.05) is 18.2 Å². The van der Waals surface area contributed by atoms with Crippen LogP contribution in [0.3, 0.4) is 0 Å². The fraction of sp³-hybridized carbons (Fsp3) is 0.458. The molecule has 1 aromatic carbocycles. The molecule has 0 aliphatic carbocycles. The first-order valence-corrected chi connectivity index (χ1v) is 10.9. The van der Waals surface area contributed by atoms with Gasteiger partial charge in [0, 0.05) is 39.0 Å². The van der Waals surface area contributed by atoms with Crippen molar-refractivity contribution in [1.29, 1.82) is 0 Å². The molecule has 4 heterocycles. The number of imidazole rings is 1. The second-order valence-corrected chi connectivity index (χ2v) is 8.96. The lowest BCUT2D eigenvalue weighted by Crippen LogP contribution is -2.51. The number of fused-ring (bicyclic) bond motifs is 1. The third-order valence-electron chi connectivity index (χ3n) is 7.03. The zero-order valence-electron chi connectivity index (χ0n) is 17.6. The van der Waals surface area contributed by atoms with Gasteiger partial charge in [-0.25, -0.2) is 4.98 Å². The lowest BCUT2D eigenvalue weighted by atomic mass is 9.72. The first-order chi connectivity index (χ1) is 14.6. The zero-order valence-corrected chi connectivity index (χ0v) is 17.6. The minimum atomic E-state index is 0.268. The molecule has 6 heteroatoms. The van der Waals surface area contributed by atoms with Gasteiger partial charge in [-0.2, -0.15) is 0 Å². The highest BCUT2D eigenvalue weighted by Crippen LogP contribution is 2.40. The van der Waals surface area contributed by atoms with Crippen molar-refractivity contribution in [3.63, 3.8) is 0 Å². The van der Waals surface area contributed by atoms with Crippen molar-refractivity contribution >= 4 is 16.9 Å². The number of aromatic nitrogens is 3. The number of likely N-dealkylation sites (tertiary alicyclic amines) is 2. The van der Waals surface area contributed by atoms with E-state index in [1.54, 1.807) is 12.4 Å². The van der Waals surface area contributed by atoms with Gasteiger partial charge in [-0.15, -0.1) is 0 Å². The van der Waals surface area contributed by atoms with E-state index in [-0.39, 0.29) is 5.41 Å². The molecule has 156 valence electrons. The number of aryl methyl sites for hydroxylation is 1. The second kappa shape index (κ2) is 7.84. The van der Waals surface area contributed by atoms with Crippen molar-refractivity contribution in [3.8, 4) is 0 Å². The molecule has 2 saturated heterocycles. The topological polar surface area (TPSA) is 54.3 Å². The van der Waals surface area contributed by atoms with E-state index >= 15 is 0 Å². The van der Waals surface area contributed by atoms with Crippen molar-refractivity contribution < 1.29 is 4.79 Å². The minimum absolute atomic E-state index is 0.268. The van der Waals surface area contributed by atoms with Gasteiger partial charge < -0.3 is 9.47 Å². The van der Waals surface area contributed by atoms with Gasteiger partial charge >= 0.3 is 0 Å². The molecule has 6 nitrogen and oxygen atoms in total. The van der Waals surface area contributed by atoms with E-state index < -0.39 is 0 Å². The Morgan fingerprint density at radius 3 is 2.53 bits per heavy atom. The number of nitrogens with zero attached hydrogens (tertiary/aromatic N) is 5. The summed E-state index contributed by atoms with van der Waals surface area (Å²) in [5.74, 6) is 1.42. The lowest BCUT2D eigenvalue weighted by molar-refractivity contribution is -0.140. The van der Waals surface area contributed by atoms with Crippen LogP contribution in [0.5, 0.6) is 0 Å². The Bertz CT molecular complexity index is 1040. The third kappa shape index (κ3) is 3.72. The van der Waals surface area contributed by atoms with E-state index in [2.05, 4.69) is 44.6 Å². The SMILES string of the molecule is Cn1c(CN2CCC3(CCC(=O)N(Cc4ccncc4)C3)CC2)nc2ccccc21. The standard InChI is InChI=1S/C24H29N5O/c1-27-21-5-3-2-4-20(21)26-22(27)17-28-14-10-24(11-15-28)9-6-23(30)29(18-24)16-19-7-12-25-13-8-19/h2-5,7-8,12-13H,6,9-11,14-18H2,1H3. The van der Waals surface area contributed by atoms with Crippen molar-refractivity contribution in [2.24, 2.45) is 12.5 Å². The number of amides is 1. The highest BCUT2D eigenvalue weighted by atomic mass is 16.2. The third-order valence-corrected chi connectivity index (χ3v) is 7.03. The molecule has 0 unspecified atom stereocenters. The van der Waals surface area contributed by atoms with Crippen LogP contribution in [-0.2, 0) is 24.9 Å². The van der Waals surface area contributed by atoms with E-state index in [0.29, 0.717) is 18.9 Å². The van der Waals surface area contributed by atoms with Crippen LogP contribution in [0.25, 0.3) is 11.0 Å². The normalized spacial score (nSPS) is 19.6. The van der Waals surface area contributed by atoms with Gasteiger partial charge in [0.1, 0.15) is 5.82 Å². The summed E-state index contributed by atoms with van der Waals surface area (Å²) < 4.78 is 2.22. The zero-order chi connectivity index (χ0) is 20.6. The summed E-state index contributed by atoms with van der Waals surface area (Å²) in [5, 5.41) is 0. The Balaban J connectivity index is 1.23. The summed E-state index contributed by atoms with van der Waals surface area (Å²) in [7, 11) is 2.11. The number of hydrogen-bond donors (Lipinski definition) is 0. The summed E-state index contributed by atoms with van der Waals surface area (Å²) in [6, 6.07) is 12.3. The predicted molar refractivity (Wildman–Crippen MR) is 117 cm³/mol. The first-order valence-electron chi connectivity index (χ1n) is 10.9. The van der Waals surface area contributed by atoms with Crippen molar-refractivity contribution in [3.05, 3.63) is 60.2 Å². The second-order valence-electron chi connectivity index (χ2n) is 8.96. The molecule has 1 amide bonds. The number of benzene rings is 1. The number of carbonyl (C=O) groups is 1. The molecule has 2 aromatic heterocycles. The Kier molecular flexibility index (Phi) is 5.03. The van der Waals surface area contributed by atoms with Crippen molar-refractivity contribution in [1.82, 2.24) is 24.3 Å². The van der Waals surface area contributed by atoms with Gasteiger partial charge in [0.15, 0.2) is 0 Å². The quantitative estimate of drug-likeness (QED) is 0.670. The van der Waals surface area contributed by atoms with Gasteiger partial charge in [0.2, 0.25) is 5.91 Å². The van der Waals surface area contributed by atoms with Crippen LogP contribution in [0.2, 0.25) is 0 Å². The van der Waals surface area contributed by atoms with E-state index in [0.717, 1.165) is 62.3 Å². The Morgan fingerprint density at radius 2 is 1.77 bits per heavy atom. The largest absolute Gasteiger partial charge is 0.338 e.